The number of piperidine rings is 1. The highest BCUT2D eigenvalue weighted by molar-refractivity contribution is 6.42. The van der Waals surface area contributed by atoms with Crippen LogP contribution in [0.2, 0.25) is 15.1 Å². The summed E-state index contributed by atoms with van der Waals surface area (Å²) in [5.74, 6) is -2.37. The Labute approximate surface area is 204 Å². The summed E-state index contributed by atoms with van der Waals surface area (Å²) >= 11 is 23.9. The van der Waals surface area contributed by atoms with Gasteiger partial charge in [0.1, 0.15) is 6.04 Å². The first-order valence-electron chi connectivity index (χ1n) is 9.74. The molecule has 10 heteroatoms. The van der Waals surface area contributed by atoms with Crippen LogP contribution in [0.5, 0.6) is 0 Å². The van der Waals surface area contributed by atoms with Crippen molar-refractivity contribution in [2.24, 2.45) is 0 Å². The number of carbonyl (C=O) groups is 4. The van der Waals surface area contributed by atoms with Crippen molar-refractivity contribution in [3.05, 3.63) is 68.7 Å². The number of alkyl halides is 1. The largest absolute Gasteiger partial charge is 0.292 e. The normalized spacial score (nSPS) is 14.9. The van der Waals surface area contributed by atoms with E-state index in [1.54, 1.807) is 0 Å². The van der Waals surface area contributed by atoms with Gasteiger partial charge in [0.05, 0.1) is 10.0 Å². The third-order valence-corrected chi connectivity index (χ3v) is 6.16. The molecule has 0 aromatic heterocycles. The SMILES string of the molecule is O=C(c1ccc(Cl)cc1)[C@@H](CCCl)N(C(=O)c1ccc(Cl)c(Cl)c1)N1C(=O)CCCC1=O. The molecule has 0 saturated carbocycles. The van der Waals surface area contributed by atoms with Gasteiger partial charge in [-0.3, -0.25) is 19.2 Å². The third-order valence-electron chi connectivity index (χ3n) is 4.95. The van der Waals surface area contributed by atoms with Crippen LogP contribution in [0.1, 0.15) is 46.4 Å². The number of Topliss-reactive ketones (excluding diaryl/α,β-unsaturated/α-hetero) is 1. The van der Waals surface area contributed by atoms with Crippen molar-refractivity contribution >= 4 is 69.9 Å². The standard InChI is InChI=1S/C22H18Cl4N2O4/c23-11-10-18(21(31)13-4-7-15(24)8-5-13)27(28-19(29)2-1-3-20(28)30)22(32)14-6-9-16(25)17(26)12-14/h4-9,12,18H,1-3,10-11H2/t18-/m1/s1. The molecule has 0 aliphatic carbocycles. The maximum Gasteiger partial charge on any atom is 0.273 e. The molecule has 1 aliphatic rings. The van der Waals surface area contributed by atoms with Gasteiger partial charge in [0.15, 0.2) is 5.78 Å². The highest BCUT2D eigenvalue weighted by atomic mass is 35.5. The van der Waals surface area contributed by atoms with E-state index in [2.05, 4.69) is 0 Å². The van der Waals surface area contributed by atoms with Crippen molar-refractivity contribution in [2.75, 3.05) is 5.88 Å². The first-order chi connectivity index (χ1) is 15.2. The third kappa shape index (κ3) is 5.26. The van der Waals surface area contributed by atoms with Crippen molar-refractivity contribution in [1.82, 2.24) is 10.0 Å². The topological polar surface area (TPSA) is 74.8 Å². The molecular weight excluding hydrogens is 498 g/mol. The lowest BCUT2D eigenvalue weighted by Crippen LogP contribution is -2.60. The summed E-state index contributed by atoms with van der Waals surface area (Å²) in [5, 5.41) is 2.45. The summed E-state index contributed by atoms with van der Waals surface area (Å²) in [6.45, 7) is 0. The molecule has 1 heterocycles. The fourth-order valence-corrected chi connectivity index (χ4v) is 4.02. The molecule has 168 valence electrons. The number of rotatable bonds is 7. The average molecular weight is 516 g/mol. The zero-order valence-electron chi connectivity index (χ0n) is 16.7. The Bertz CT molecular complexity index is 1040. The molecule has 1 saturated heterocycles. The van der Waals surface area contributed by atoms with Gasteiger partial charge in [-0.2, -0.15) is 5.01 Å². The lowest BCUT2D eigenvalue weighted by molar-refractivity contribution is -0.165. The van der Waals surface area contributed by atoms with E-state index >= 15 is 0 Å². The molecule has 3 amide bonds. The second-order valence-corrected chi connectivity index (χ2v) is 8.72. The molecular formula is C22H18Cl4N2O4. The maximum atomic E-state index is 13.6. The highest BCUT2D eigenvalue weighted by Gasteiger charge is 2.41. The van der Waals surface area contributed by atoms with Crippen LogP contribution in [-0.2, 0) is 9.59 Å². The minimum Gasteiger partial charge on any atom is -0.292 e. The lowest BCUT2D eigenvalue weighted by Gasteiger charge is -2.39. The molecule has 0 spiro atoms. The number of nitrogens with zero attached hydrogens (tertiary/aromatic N) is 2. The quantitative estimate of drug-likeness (QED) is 0.280. The Morgan fingerprint density at radius 3 is 2.06 bits per heavy atom. The van der Waals surface area contributed by atoms with Crippen molar-refractivity contribution in [3.8, 4) is 0 Å². The number of carbonyl (C=O) groups excluding carboxylic acids is 4. The molecule has 0 N–H and O–H groups in total. The fourth-order valence-electron chi connectivity index (χ4n) is 3.39. The Kier molecular flexibility index (Phi) is 8.17. The Morgan fingerprint density at radius 2 is 1.50 bits per heavy atom. The summed E-state index contributed by atoms with van der Waals surface area (Å²) in [4.78, 5) is 52.4. The molecule has 1 fully saturated rings. The van der Waals surface area contributed by atoms with Crippen LogP contribution in [-0.4, -0.2) is 45.4 Å². The smallest absolute Gasteiger partial charge is 0.273 e. The minimum absolute atomic E-state index is 0.00533. The second-order valence-electron chi connectivity index (χ2n) is 7.10. The van der Waals surface area contributed by atoms with E-state index in [1.165, 1.54) is 42.5 Å². The summed E-state index contributed by atoms with van der Waals surface area (Å²) in [6, 6.07) is 9.04. The minimum atomic E-state index is -1.21. The van der Waals surface area contributed by atoms with Gasteiger partial charge in [0.2, 0.25) is 11.8 Å². The van der Waals surface area contributed by atoms with Gasteiger partial charge in [0, 0.05) is 34.9 Å². The predicted molar refractivity (Wildman–Crippen MR) is 123 cm³/mol. The van der Waals surface area contributed by atoms with E-state index in [4.69, 9.17) is 46.4 Å². The zero-order chi connectivity index (χ0) is 23.4. The molecule has 1 atom stereocenters. The predicted octanol–water partition coefficient (Wildman–Crippen LogP) is 5.42. The van der Waals surface area contributed by atoms with Gasteiger partial charge in [-0.1, -0.05) is 34.8 Å². The Hall–Kier alpha value is -2.12. The molecule has 32 heavy (non-hydrogen) atoms. The highest BCUT2D eigenvalue weighted by Crippen LogP contribution is 2.27. The first-order valence-corrected chi connectivity index (χ1v) is 11.4. The molecule has 1 aliphatic heterocycles. The number of halogens is 4. The van der Waals surface area contributed by atoms with E-state index < -0.39 is 29.5 Å². The van der Waals surface area contributed by atoms with E-state index in [1.807, 2.05) is 0 Å². The Balaban J connectivity index is 2.11. The van der Waals surface area contributed by atoms with Gasteiger partial charge >= 0.3 is 0 Å². The number of amides is 3. The summed E-state index contributed by atoms with van der Waals surface area (Å²) in [6.07, 6.45) is 0.515. The average Bonchev–Trinajstić information content (AvgIpc) is 2.77. The molecule has 2 aromatic rings. The number of hydrogen-bond donors (Lipinski definition) is 0. The van der Waals surface area contributed by atoms with Crippen LogP contribution in [0.4, 0.5) is 0 Å². The van der Waals surface area contributed by atoms with Crippen LogP contribution in [0, 0.1) is 0 Å². The van der Waals surface area contributed by atoms with E-state index in [0.717, 1.165) is 10.0 Å². The second kappa shape index (κ2) is 10.7. The summed E-state index contributed by atoms with van der Waals surface area (Å²) in [5.41, 5.74) is 0.322. The summed E-state index contributed by atoms with van der Waals surface area (Å²) < 4.78 is 0. The van der Waals surface area contributed by atoms with E-state index in [-0.39, 0.29) is 46.3 Å². The Morgan fingerprint density at radius 1 is 0.906 bits per heavy atom. The molecule has 3 rings (SSSR count). The number of benzene rings is 2. The van der Waals surface area contributed by atoms with Crippen LogP contribution < -0.4 is 0 Å². The van der Waals surface area contributed by atoms with Crippen LogP contribution >= 0.6 is 46.4 Å². The maximum absolute atomic E-state index is 13.6. The summed E-state index contributed by atoms with van der Waals surface area (Å²) in [7, 11) is 0. The zero-order valence-corrected chi connectivity index (χ0v) is 19.7. The number of hydrazine groups is 1. The molecule has 0 radical (unpaired) electrons. The van der Waals surface area contributed by atoms with Gasteiger partial charge in [0.25, 0.3) is 5.91 Å². The van der Waals surface area contributed by atoms with E-state index in [9.17, 15) is 19.2 Å². The fraction of sp³-hybridized carbons (Fsp3) is 0.273. The van der Waals surface area contributed by atoms with Gasteiger partial charge in [-0.15, -0.1) is 11.6 Å². The van der Waals surface area contributed by atoms with Crippen molar-refractivity contribution in [3.63, 3.8) is 0 Å². The van der Waals surface area contributed by atoms with Crippen molar-refractivity contribution in [2.45, 2.75) is 31.7 Å². The molecule has 6 nitrogen and oxygen atoms in total. The van der Waals surface area contributed by atoms with Gasteiger partial charge < -0.3 is 0 Å². The van der Waals surface area contributed by atoms with Crippen LogP contribution in [0.15, 0.2) is 42.5 Å². The van der Waals surface area contributed by atoms with Crippen LogP contribution in [0.25, 0.3) is 0 Å². The van der Waals surface area contributed by atoms with E-state index in [0.29, 0.717) is 11.4 Å². The van der Waals surface area contributed by atoms with Crippen molar-refractivity contribution in [1.29, 1.82) is 0 Å². The monoisotopic (exact) mass is 514 g/mol. The molecule has 0 bridgehead atoms. The van der Waals surface area contributed by atoms with Crippen LogP contribution in [0.3, 0.4) is 0 Å². The lowest BCUT2D eigenvalue weighted by atomic mass is 10.00. The first kappa shape index (κ1) is 24.5. The molecule has 2 aromatic carbocycles. The number of imide groups is 1. The van der Waals surface area contributed by atoms with Gasteiger partial charge in [-0.25, -0.2) is 5.01 Å². The number of hydrogen-bond acceptors (Lipinski definition) is 4. The molecule has 0 unspecified atom stereocenters. The number of ketones is 1. The van der Waals surface area contributed by atoms with Crippen molar-refractivity contribution < 1.29 is 19.2 Å². The van der Waals surface area contributed by atoms with Gasteiger partial charge in [-0.05, 0) is 55.3 Å².